The maximum Gasteiger partial charge on any atom is 0.0235 e. The molecule has 1 aliphatic rings. The fraction of sp³-hybridized carbons (Fsp3) is 1.00. The van der Waals surface area contributed by atoms with Gasteiger partial charge in [-0.05, 0) is 53.0 Å². The molecule has 0 bridgehead atoms. The molecule has 0 aromatic carbocycles. The van der Waals surface area contributed by atoms with Crippen LogP contribution in [0.25, 0.3) is 0 Å². The zero-order valence-corrected chi connectivity index (χ0v) is 9.56. The molecule has 0 saturated carbocycles. The van der Waals surface area contributed by atoms with Crippen molar-refractivity contribution in [3.63, 3.8) is 0 Å². The third-order valence-corrected chi connectivity index (χ3v) is 3.16. The first-order valence-electron chi connectivity index (χ1n) is 5.19. The second-order valence-corrected chi connectivity index (χ2v) is 4.46. The van der Waals surface area contributed by atoms with Crippen LogP contribution in [0.15, 0.2) is 0 Å². The van der Waals surface area contributed by atoms with Gasteiger partial charge in [0.15, 0.2) is 0 Å². The normalized spacial score (nSPS) is 21.2. The van der Waals surface area contributed by atoms with Crippen LogP contribution in [0.1, 0.15) is 19.3 Å². The average molecular weight is 205 g/mol. The highest BCUT2D eigenvalue weighted by Gasteiger charge is 2.19. The van der Waals surface area contributed by atoms with Crippen molar-refractivity contribution in [3.8, 4) is 0 Å². The van der Waals surface area contributed by atoms with E-state index in [1.54, 1.807) is 0 Å². The van der Waals surface area contributed by atoms with E-state index in [4.69, 9.17) is 11.6 Å². The van der Waals surface area contributed by atoms with Crippen LogP contribution >= 0.6 is 11.6 Å². The first kappa shape index (κ1) is 11.3. The van der Waals surface area contributed by atoms with Crippen LogP contribution in [0.5, 0.6) is 0 Å². The van der Waals surface area contributed by atoms with Crippen LogP contribution in [0.4, 0.5) is 0 Å². The first-order chi connectivity index (χ1) is 6.24. The minimum Gasteiger partial charge on any atom is -0.306 e. The van der Waals surface area contributed by atoms with Crippen LogP contribution in [0.2, 0.25) is 0 Å². The maximum atomic E-state index is 5.66. The summed E-state index contributed by atoms with van der Waals surface area (Å²) in [6.07, 6.45) is 3.76. The highest BCUT2D eigenvalue weighted by atomic mass is 35.5. The SMILES string of the molecule is CN(C)C1CCN(CCCCl)CC1. The topological polar surface area (TPSA) is 6.48 Å². The third-order valence-electron chi connectivity index (χ3n) is 2.90. The van der Waals surface area contributed by atoms with Crippen molar-refractivity contribution in [2.75, 3.05) is 39.6 Å². The standard InChI is InChI=1S/C10H21ClN2/c1-12(2)10-4-8-13(9-5-10)7-3-6-11/h10H,3-9H2,1-2H3. The van der Waals surface area contributed by atoms with Crippen molar-refractivity contribution in [3.05, 3.63) is 0 Å². The van der Waals surface area contributed by atoms with Gasteiger partial charge in [0.2, 0.25) is 0 Å². The lowest BCUT2D eigenvalue weighted by Gasteiger charge is -2.35. The summed E-state index contributed by atoms with van der Waals surface area (Å²) in [5.41, 5.74) is 0. The molecule has 0 amide bonds. The summed E-state index contributed by atoms with van der Waals surface area (Å²) >= 11 is 5.66. The number of hydrogen-bond donors (Lipinski definition) is 0. The Morgan fingerprint density at radius 1 is 1.31 bits per heavy atom. The van der Waals surface area contributed by atoms with E-state index in [0.29, 0.717) is 0 Å². The Labute approximate surface area is 86.8 Å². The Morgan fingerprint density at radius 3 is 2.38 bits per heavy atom. The van der Waals surface area contributed by atoms with E-state index < -0.39 is 0 Å². The van der Waals surface area contributed by atoms with E-state index in [0.717, 1.165) is 18.3 Å². The largest absolute Gasteiger partial charge is 0.306 e. The zero-order valence-electron chi connectivity index (χ0n) is 8.80. The van der Waals surface area contributed by atoms with Gasteiger partial charge in [0, 0.05) is 11.9 Å². The van der Waals surface area contributed by atoms with Gasteiger partial charge in [-0.2, -0.15) is 0 Å². The summed E-state index contributed by atoms with van der Waals surface area (Å²) in [6.45, 7) is 3.68. The molecule has 0 atom stereocenters. The summed E-state index contributed by atoms with van der Waals surface area (Å²) < 4.78 is 0. The van der Waals surface area contributed by atoms with Gasteiger partial charge >= 0.3 is 0 Å². The van der Waals surface area contributed by atoms with Crippen LogP contribution in [-0.4, -0.2) is 55.5 Å². The molecule has 0 radical (unpaired) electrons. The molecule has 0 aromatic heterocycles. The number of halogens is 1. The summed E-state index contributed by atoms with van der Waals surface area (Å²) in [7, 11) is 4.36. The number of likely N-dealkylation sites (tertiary alicyclic amines) is 1. The van der Waals surface area contributed by atoms with E-state index >= 15 is 0 Å². The molecule has 1 saturated heterocycles. The fourth-order valence-corrected chi connectivity index (χ4v) is 2.06. The van der Waals surface area contributed by atoms with Crippen molar-refractivity contribution in [1.82, 2.24) is 9.80 Å². The third kappa shape index (κ3) is 3.84. The number of hydrogen-bond acceptors (Lipinski definition) is 2. The van der Waals surface area contributed by atoms with E-state index in [-0.39, 0.29) is 0 Å². The Kier molecular flexibility index (Phi) is 5.07. The van der Waals surface area contributed by atoms with Crippen LogP contribution in [-0.2, 0) is 0 Å². The predicted octanol–water partition coefficient (Wildman–Crippen LogP) is 1.64. The van der Waals surface area contributed by atoms with Gasteiger partial charge < -0.3 is 9.80 Å². The number of alkyl halides is 1. The Hall–Kier alpha value is 0.210. The molecule has 0 aliphatic carbocycles. The van der Waals surface area contributed by atoms with Crippen molar-refractivity contribution >= 4 is 11.6 Å². The Bertz CT molecular complexity index is 131. The van der Waals surface area contributed by atoms with E-state index in [9.17, 15) is 0 Å². The molecule has 1 aliphatic heterocycles. The monoisotopic (exact) mass is 204 g/mol. The molecule has 2 nitrogen and oxygen atoms in total. The smallest absolute Gasteiger partial charge is 0.0235 e. The second-order valence-electron chi connectivity index (χ2n) is 4.08. The average Bonchev–Trinajstić information content (AvgIpc) is 2.15. The van der Waals surface area contributed by atoms with Crippen LogP contribution in [0, 0.1) is 0 Å². The highest BCUT2D eigenvalue weighted by molar-refractivity contribution is 6.17. The number of nitrogens with zero attached hydrogens (tertiary/aromatic N) is 2. The molecule has 0 aromatic rings. The number of piperidine rings is 1. The van der Waals surface area contributed by atoms with Gasteiger partial charge in [0.05, 0.1) is 0 Å². The van der Waals surface area contributed by atoms with Gasteiger partial charge in [-0.3, -0.25) is 0 Å². The van der Waals surface area contributed by atoms with Crippen molar-refractivity contribution < 1.29 is 0 Å². The second kappa shape index (κ2) is 5.84. The first-order valence-corrected chi connectivity index (χ1v) is 5.72. The Balaban J connectivity index is 2.15. The predicted molar refractivity (Wildman–Crippen MR) is 58.5 cm³/mol. The minimum absolute atomic E-state index is 0.798. The summed E-state index contributed by atoms with van der Waals surface area (Å²) in [5, 5.41) is 0. The summed E-state index contributed by atoms with van der Waals surface area (Å²) in [6, 6.07) is 0.798. The summed E-state index contributed by atoms with van der Waals surface area (Å²) in [4.78, 5) is 4.88. The van der Waals surface area contributed by atoms with E-state index in [1.165, 1.54) is 32.5 Å². The number of rotatable bonds is 4. The van der Waals surface area contributed by atoms with Crippen molar-refractivity contribution in [2.24, 2.45) is 0 Å². The lowest BCUT2D eigenvalue weighted by molar-refractivity contribution is 0.145. The van der Waals surface area contributed by atoms with Gasteiger partial charge in [0.1, 0.15) is 0 Å². The molecule has 13 heavy (non-hydrogen) atoms. The lowest BCUT2D eigenvalue weighted by Crippen LogP contribution is -2.42. The summed E-state index contributed by atoms with van der Waals surface area (Å²) in [5.74, 6) is 0.799. The molecule has 1 rings (SSSR count). The zero-order chi connectivity index (χ0) is 9.68. The molecule has 1 fully saturated rings. The molecule has 78 valence electrons. The van der Waals surface area contributed by atoms with Crippen molar-refractivity contribution in [2.45, 2.75) is 25.3 Å². The maximum absolute atomic E-state index is 5.66. The molecule has 0 unspecified atom stereocenters. The highest BCUT2D eigenvalue weighted by Crippen LogP contribution is 2.14. The van der Waals surface area contributed by atoms with Gasteiger partial charge in [0.25, 0.3) is 0 Å². The van der Waals surface area contributed by atoms with E-state index in [2.05, 4.69) is 23.9 Å². The molecule has 0 N–H and O–H groups in total. The van der Waals surface area contributed by atoms with Gasteiger partial charge in [-0.1, -0.05) is 0 Å². The van der Waals surface area contributed by atoms with Gasteiger partial charge in [-0.15, -0.1) is 11.6 Å². The molecular weight excluding hydrogens is 184 g/mol. The Morgan fingerprint density at radius 2 is 1.92 bits per heavy atom. The van der Waals surface area contributed by atoms with E-state index in [1.807, 2.05) is 0 Å². The van der Waals surface area contributed by atoms with Crippen molar-refractivity contribution in [1.29, 1.82) is 0 Å². The fourth-order valence-electron chi connectivity index (χ4n) is 1.94. The molecule has 1 heterocycles. The van der Waals surface area contributed by atoms with Crippen LogP contribution < -0.4 is 0 Å². The molecular formula is C10H21ClN2. The quantitative estimate of drug-likeness (QED) is 0.643. The molecule has 0 spiro atoms. The van der Waals surface area contributed by atoms with Gasteiger partial charge in [-0.25, -0.2) is 0 Å². The minimum atomic E-state index is 0.798. The van der Waals surface area contributed by atoms with Crippen LogP contribution in [0.3, 0.4) is 0 Å². The lowest BCUT2D eigenvalue weighted by atomic mass is 10.0. The molecule has 3 heteroatoms.